The van der Waals surface area contributed by atoms with Crippen molar-refractivity contribution in [3.63, 3.8) is 0 Å². The Labute approximate surface area is 199 Å². The molecule has 34 heavy (non-hydrogen) atoms. The van der Waals surface area contributed by atoms with Crippen LogP contribution in [-0.4, -0.2) is 28.6 Å². The first kappa shape index (κ1) is 23.5. The second-order valence-electron chi connectivity index (χ2n) is 8.43. The highest BCUT2D eigenvalue weighted by atomic mass is 19.1. The van der Waals surface area contributed by atoms with Crippen LogP contribution >= 0.6 is 0 Å². The molecule has 0 radical (unpaired) electrons. The molecular formula is C28H30FN3O2. The topological polar surface area (TPSA) is 56.1 Å². The van der Waals surface area contributed by atoms with Crippen molar-refractivity contribution in [1.82, 2.24) is 14.9 Å². The summed E-state index contributed by atoms with van der Waals surface area (Å²) in [5.74, 6) is 1.04. The second kappa shape index (κ2) is 11.0. The highest BCUT2D eigenvalue weighted by molar-refractivity contribution is 5.94. The van der Waals surface area contributed by atoms with E-state index < -0.39 is 11.7 Å². The molecule has 0 saturated heterocycles. The lowest BCUT2D eigenvalue weighted by Gasteiger charge is -2.13. The van der Waals surface area contributed by atoms with Gasteiger partial charge >= 0.3 is 0 Å². The van der Waals surface area contributed by atoms with Gasteiger partial charge in [-0.3, -0.25) is 4.79 Å². The highest BCUT2D eigenvalue weighted by Crippen LogP contribution is 2.23. The van der Waals surface area contributed by atoms with E-state index in [4.69, 9.17) is 9.72 Å². The van der Waals surface area contributed by atoms with Gasteiger partial charge in [0.1, 0.15) is 17.4 Å². The minimum atomic E-state index is -0.509. The van der Waals surface area contributed by atoms with Gasteiger partial charge in [-0.2, -0.15) is 0 Å². The van der Waals surface area contributed by atoms with Gasteiger partial charge < -0.3 is 14.6 Å². The third kappa shape index (κ3) is 5.45. The number of aromatic nitrogens is 2. The summed E-state index contributed by atoms with van der Waals surface area (Å²) < 4.78 is 22.1. The molecule has 0 spiro atoms. The van der Waals surface area contributed by atoms with Crippen LogP contribution in [0.15, 0.2) is 66.7 Å². The number of para-hydroxylation sites is 3. The molecule has 0 unspecified atom stereocenters. The number of fused-ring (bicyclic) bond motifs is 1. The molecule has 0 aliphatic heterocycles. The number of hydrogen-bond acceptors (Lipinski definition) is 3. The Kier molecular flexibility index (Phi) is 7.58. The Morgan fingerprint density at radius 3 is 2.50 bits per heavy atom. The van der Waals surface area contributed by atoms with E-state index in [1.807, 2.05) is 24.3 Å². The number of amides is 1. The largest absolute Gasteiger partial charge is 0.493 e. The number of rotatable bonds is 10. The van der Waals surface area contributed by atoms with Gasteiger partial charge in [0, 0.05) is 19.5 Å². The number of carbonyl (C=O) groups is 1. The van der Waals surface area contributed by atoms with Crippen molar-refractivity contribution in [3.8, 4) is 5.75 Å². The van der Waals surface area contributed by atoms with Gasteiger partial charge in [0.15, 0.2) is 0 Å². The number of imidazole rings is 1. The highest BCUT2D eigenvalue weighted by Gasteiger charge is 2.13. The van der Waals surface area contributed by atoms with E-state index >= 15 is 0 Å². The fourth-order valence-electron chi connectivity index (χ4n) is 4.18. The zero-order chi connectivity index (χ0) is 23.9. The molecule has 1 heterocycles. The fraction of sp³-hybridized carbons (Fsp3) is 0.286. The SMILES string of the molecule is Cc1cccc(C)c1OCCCn1c(CCCNC(=O)c2ccccc2F)nc2ccccc21. The minimum absolute atomic E-state index is 0.0682. The van der Waals surface area contributed by atoms with Crippen LogP contribution in [0.25, 0.3) is 11.0 Å². The minimum Gasteiger partial charge on any atom is -0.493 e. The average molecular weight is 460 g/mol. The van der Waals surface area contributed by atoms with Crippen molar-refractivity contribution >= 4 is 16.9 Å². The van der Waals surface area contributed by atoms with Crippen LogP contribution in [0.5, 0.6) is 5.75 Å². The van der Waals surface area contributed by atoms with Gasteiger partial charge in [-0.05, 0) is 62.1 Å². The number of ether oxygens (including phenoxy) is 1. The molecule has 176 valence electrons. The van der Waals surface area contributed by atoms with E-state index in [9.17, 15) is 9.18 Å². The van der Waals surface area contributed by atoms with E-state index in [0.717, 1.165) is 46.7 Å². The van der Waals surface area contributed by atoms with Crippen molar-refractivity contribution in [2.45, 2.75) is 39.7 Å². The lowest BCUT2D eigenvalue weighted by atomic mass is 10.1. The van der Waals surface area contributed by atoms with Crippen LogP contribution in [0.3, 0.4) is 0 Å². The Morgan fingerprint density at radius 1 is 0.971 bits per heavy atom. The summed E-state index contributed by atoms with van der Waals surface area (Å²) in [6.45, 7) is 5.99. The fourth-order valence-corrected chi connectivity index (χ4v) is 4.18. The molecule has 0 aliphatic rings. The molecule has 4 rings (SSSR count). The number of aryl methyl sites for hydroxylation is 4. The summed E-state index contributed by atoms with van der Waals surface area (Å²) >= 11 is 0. The molecule has 6 heteroatoms. The lowest BCUT2D eigenvalue weighted by molar-refractivity contribution is 0.0949. The number of nitrogens with one attached hydrogen (secondary N) is 1. The maximum Gasteiger partial charge on any atom is 0.254 e. The zero-order valence-corrected chi connectivity index (χ0v) is 19.7. The Bertz CT molecular complexity index is 1260. The van der Waals surface area contributed by atoms with Crippen molar-refractivity contribution in [2.75, 3.05) is 13.2 Å². The number of benzene rings is 3. The molecule has 0 atom stereocenters. The third-order valence-corrected chi connectivity index (χ3v) is 5.90. The van der Waals surface area contributed by atoms with E-state index in [2.05, 4.69) is 41.9 Å². The van der Waals surface area contributed by atoms with Crippen LogP contribution < -0.4 is 10.1 Å². The third-order valence-electron chi connectivity index (χ3n) is 5.90. The summed E-state index contributed by atoms with van der Waals surface area (Å²) in [5, 5.41) is 2.81. The monoisotopic (exact) mass is 459 g/mol. The predicted octanol–water partition coefficient (Wildman–Crippen LogP) is 5.62. The number of carbonyl (C=O) groups excluding carboxylic acids is 1. The molecular weight excluding hydrogens is 429 g/mol. The van der Waals surface area contributed by atoms with Crippen molar-refractivity contribution in [3.05, 3.63) is 95.1 Å². The first-order valence-corrected chi connectivity index (χ1v) is 11.7. The number of nitrogens with zero attached hydrogens (tertiary/aromatic N) is 2. The summed E-state index contributed by atoms with van der Waals surface area (Å²) in [4.78, 5) is 17.1. The Hall–Kier alpha value is -3.67. The lowest BCUT2D eigenvalue weighted by Crippen LogP contribution is -2.25. The van der Waals surface area contributed by atoms with Crippen molar-refractivity contribution in [2.24, 2.45) is 0 Å². The molecule has 1 N–H and O–H groups in total. The standard InChI is InChI=1S/C28H30FN3O2/c1-20-10-7-11-21(2)27(20)34-19-9-18-32-25-15-6-5-14-24(25)31-26(32)16-8-17-30-28(33)22-12-3-4-13-23(22)29/h3-7,10-15H,8-9,16-19H2,1-2H3,(H,30,33). The molecule has 1 aromatic heterocycles. The van der Waals surface area contributed by atoms with Crippen LogP contribution in [0, 0.1) is 19.7 Å². The smallest absolute Gasteiger partial charge is 0.254 e. The van der Waals surface area contributed by atoms with E-state index in [0.29, 0.717) is 26.0 Å². The summed E-state index contributed by atoms with van der Waals surface area (Å²) in [7, 11) is 0. The quantitative estimate of drug-likeness (QED) is 0.313. The predicted molar refractivity (Wildman–Crippen MR) is 133 cm³/mol. The molecule has 0 fully saturated rings. The maximum atomic E-state index is 13.8. The van der Waals surface area contributed by atoms with Gasteiger partial charge in [-0.1, -0.05) is 42.5 Å². The Morgan fingerprint density at radius 2 is 1.71 bits per heavy atom. The van der Waals surface area contributed by atoms with E-state index in [1.54, 1.807) is 12.1 Å². The van der Waals surface area contributed by atoms with Crippen LogP contribution in [0.2, 0.25) is 0 Å². The van der Waals surface area contributed by atoms with Gasteiger partial charge in [0.25, 0.3) is 5.91 Å². The molecule has 1 amide bonds. The van der Waals surface area contributed by atoms with Gasteiger partial charge in [0.05, 0.1) is 23.2 Å². The molecule has 3 aromatic carbocycles. The van der Waals surface area contributed by atoms with Gasteiger partial charge in [-0.25, -0.2) is 9.37 Å². The molecule has 5 nitrogen and oxygen atoms in total. The maximum absolute atomic E-state index is 13.8. The summed E-state index contributed by atoms with van der Waals surface area (Å²) in [6, 6.07) is 20.3. The molecule has 0 saturated carbocycles. The van der Waals surface area contributed by atoms with E-state index in [1.165, 1.54) is 12.1 Å². The second-order valence-corrected chi connectivity index (χ2v) is 8.43. The molecule has 4 aromatic rings. The van der Waals surface area contributed by atoms with Crippen LogP contribution in [0.4, 0.5) is 4.39 Å². The van der Waals surface area contributed by atoms with Crippen molar-refractivity contribution < 1.29 is 13.9 Å². The van der Waals surface area contributed by atoms with Gasteiger partial charge in [0.2, 0.25) is 0 Å². The first-order chi connectivity index (χ1) is 16.5. The van der Waals surface area contributed by atoms with E-state index in [-0.39, 0.29) is 5.56 Å². The Balaban J connectivity index is 1.35. The molecule has 0 aliphatic carbocycles. The number of halogens is 1. The van der Waals surface area contributed by atoms with Crippen molar-refractivity contribution in [1.29, 1.82) is 0 Å². The average Bonchev–Trinajstić information content (AvgIpc) is 3.18. The van der Waals surface area contributed by atoms with Crippen LogP contribution in [0.1, 0.15) is 40.2 Å². The summed E-state index contributed by atoms with van der Waals surface area (Å²) in [5.41, 5.74) is 4.42. The first-order valence-electron chi connectivity index (χ1n) is 11.7. The zero-order valence-electron chi connectivity index (χ0n) is 19.7. The van der Waals surface area contributed by atoms with Gasteiger partial charge in [-0.15, -0.1) is 0 Å². The number of hydrogen-bond donors (Lipinski definition) is 1. The summed E-state index contributed by atoms with van der Waals surface area (Å²) in [6.07, 6.45) is 2.28. The normalized spacial score (nSPS) is 11.0. The van der Waals surface area contributed by atoms with Crippen LogP contribution in [-0.2, 0) is 13.0 Å². The molecule has 0 bridgehead atoms.